The zero-order valence-corrected chi connectivity index (χ0v) is 6.69. The number of hydrogen-bond donors (Lipinski definition) is 2. The Morgan fingerprint density at radius 2 is 1.56 bits per heavy atom. The van der Waals surface area contributed by atoms with Gasteiger partial charge in [0.15, 0.2) is 0 Å². The first-order valence-corrected chi connectivity index (χ1v) is 4.05. The Bertz CT molecular complexity index is 40.2. The van der Waals surface area contributed by atoms with Crippen molar-refractivity contribution < 1.29 is 10.6 Å². The van der Waals surface area contributed by atoms with Crippen LogP contribution >= 0.6 is 0 Å². The molecule has 0 aromatic rings. The second-order valence-corrected chi connectivity index (χ2v) is 2.35. The molecule has 0 aliphatic rings. The maximum absolute atomic E-state index is 2.38. The van der Waals surface area contributed by atoms with Gasteiger partial charge in [0.1, 0.15) is 13.1 Å². The highest BCUT2D eigenvalue weighted by atomic mass is 14.9. The zero-order chi connectivity index (χ0) is 6.95. The van der Waals surface area contributed by atoms with Gasteiger partial charge in [-0.15, -0.1) is 0 Å². The van der Waals surface area contributed by atoms with E-state index in [1.807, 2.05) is 0 Å². The van der Waals surface area contributed by atoms with E-state index in [0.717, 1.165) is 0 Å². The SMILES string of the molecule is CCC[NH2+]CC[NH2+]CC. The van der Waals surface area contributed by atoms with E-state index in [1.54, 1.807) is 0 Å². The number of likely N-dealkylation sites (N-methyl/N-ethyl adjacent to an activating group) is 1. The minimum absolute atomic E-state index is 1.22. The molecule has 0 aliphatic carbocycles. The van der Waals surface area contributed by atoms with Crippen molar-refractivity contribution in [3.8, 4) is 0 Å². The van der Waals surface area contributed by atoms with Crippen LogP contribution in [0, 0.1) is 0 Å². The van der Waals surface area contributed by atoms with E-state index >= 15 is 0 Å². The van der Waals surface area contributed by atoms with Crippen LogP contribution in [0.25, 0.3) is 0 Å². The quantitative estimate of drug-likeness (QED) is 0.414. The van der Waals surface area contributed by atoms with Gasteiger partial charge in [0.05, 0.1) is 13.1 Å². The Morgan fingerprint density at radius 1 is 0.889 bits per heavy atom. The molecule has 0 aromatic heterocycles. The van der Waals surface area contributed by atoms with Gasteiger partial charge in [0, 0.05) is 0 Å². The summed E-state index contributed by atoms with van der Waals surface area (Å²) in [6.45, 7) is 9.48. The molecule has 0 aliphatic heterocycles. The molecule has 0 rings (SSSR count). The third-order valence-electron chi connectivity index (χ3n) is 1.36. The second-order valence-electron chi connectivity index (χ2n) is 2.35. The summed E-state index contributed by atoms with van der Waals surface area (Å²) in [4.78, 5) is 0. The van der Waals surface area contributed by atoms with Gasteiger partial charge in [-0.3, -0.25) is 0 Å². The van der Waals surface area contributed by atoms with Crippen LogP contribution in [0.3, 0.4) is 0 Å². The molecule has 0 saturated heterocycles. The van der Waals surface area contributed by atoms with Crippen molar-refractivity contribution in [2.75, 3.05) is 26.2 Å². The molecule has 0 fully saturated rings. The Morgan fingerprint density at radius 3 is 2.11 bits per heavy atom. The summed E-state index contributed by atoms with van der Waals surface area (Å²) in [5.74, 6) is 0. The summed E-state index contributed by atoms with van der Waals surface area (Å²) in [6, 6.07) is 0. The maximum Gasteiger partial charge on any atom is 0.125 e. The summed E-state index contributed by atoms with van der Waals surface area (Å²) in [5, 5.41) is 4.72. The van der Waals surface area contributed by atoms with E-state index in [4.69, 9.17) is 0 Å². The van der Waals surface area contributed by atoms with Gasteiger partial charge in [-0.25, -0.2) is 0 Å². The molecule has 0 bridgehead atoms. The monoisotopic (exact) mass is 132 g/mol. The molecule has 2 nitrogen and oxygen atoms in total. The minimum atomic E-state index is 1.22. The lowest BCUT2D eigenvalue weighted by Gasteiger charge is -1.96. The Hall–Kier alpha value is -0.0800. The predicted molar refractivity (Wildman–Crippen MR) is 39.3 cm³/mol. The molecule has 0 unspecified atom stereocenters. The van der Waals surface area contributed by atoms with E-state index in [9.17, 15) is 0 Å². The lowest BCUT2D eigenvalue weighted by atomic mass is 10.5. The molecule has 0 heterocycles. The molecule has 0 saturated carbocycles. The van der Waals surface area contributed by atoms with Gasteiger partial charge >= 0.3 is 0 Å². The van der Waals surface area contributed by atoms with Crippen molar-refractivity contribution in [1.29, 1.82) is 0 Å². The predicted octanol–water partition coefficient (Wildman–Crippen LogP) is -1.46. The first-order valence-electron chi connectivity index (χ1n) is 4.05. The van der Waals surface area contributed by atoms with Gasteiger partial charge in [-0.05, 0) is 13.3 Å². The summed E-state index contributed by atoms with van der Waals surface area (Å²) in [5.41, 5.74) is 0. The fourth-order valence-corrected chi connectivity index (χ4v) is 0.788. The average Bonchev–Trinajstić information content (AvgIpc) is 1.89. The molecular formula is C7H20N2+2. The van der Waals surface area contributed by atoms with Crippen molar-refractivity contribution in [3.63, 3.8) is 0 Å². The van der Waals surface area contributed by atoms with E-state index in [2.05, 4.69) is 24.5 Å². The summed E-state index contributed by atoms with van der Waals surface area (Å²) in [6.07, 6.45) is 1.30. The smallest absolute Gasteiger partial charge is 0.125 e. The highest BCUT2D eigenvalue weighted by Gasteiger charge is 1.88. The molecule has 4 N–H and O–H groups in total. The largest absolute Gasteiger partial charge is 0.342 e. The zero-order valence-electron chi connectivity index (χ0n) is 6.69. The van der Waals surface area contributed by atoms with Crippen LogP contribution in [0.15, 0.2) is 0 Å². The normalized spacial score (nSPS) is 10.0. The molecule has 56 valence electrons. The van der Waals surface area contributed by atoms with Crippen LogP contribution in [0.1, 0.15) is 20.3 Å². The summed E-state index contributed by atoms with van der Waals surface area (Å²) < 4.78 is 0. The van der Waals surface area contributed by atoms with E-state index in [1.165, 1.54) is 32.6 Å². The Labute approximate surface area is 58.0 Å². The van der Waals surface area contributed by atoms with Crippen molar-refractivity contribution in [2.24, 2.45) is 0 Å². The van der Waals surface area contributed by atoms with E-state index in [-0.39, 0.29) is 0 Å². The highest BCUT2D eigenvalue weighted by molar-refractivity contribution is 4.17. The lowest BCUT2D eigenvalue weighted by molar-refractivity contribution is -0.721. The van der Waals surface area contributed by atoms with Crippen LogP contribution < -0.4 is 10.6 Å². The molecular weight excluding hydrogens is 112 g/mol. The van der Waals surface area contributed by atoms with E-state index in [0.29, 0.717) is 0 Å². The van der Waals surface area contributed by atoms with Gasteiger partial charge in [-0.1, -0.05) is 6.92 Å². The number of nitrogens with two attached hydrogens (primary N) is 2. The minimum Gasteiger partial charge on any atom is -0.342 e. The van der Waals surface area contributed by atoms with Crippen molar-refractivity contribution in [2.45, 2.75) is 20.3 Å². The van der Waals surface area contributed by atoms with Gasteiger partial charge in [-0.2, -0.15) is 0 Å². The molecule has 0 amide bonds. The van der Waals surface area contributed by atoms with Gasteiger partial charge in [0.2, 0.25) is 0 Å². The Kier molecular flexibility index (Phi) is 7.85. The third kappa shape index (κ3) is 7.92. The summed E-state index contributed by atoms with van der Waals surface area (Å²) in [7, 11) is 0. The van der Waals surface area contributed by atoms with Crippen LogP contribution in [-0.2, 0) is 0 Å². The molecule has 9 heavy (non-hydrogen) atoms. The van der Waals surface area contributed by atoms with Crippen LogP contribution in [-0.4, -0.2) is 26.2 Å². The lowest BCUT2D eigenvalue weighted by Crippen LogP contribution is -2.94. The maximum atomic E-state index is 2.38. The van der Waals surface area contributed by atoms with Crippen molar-refractivity contribution >= 4 is 0 Å². The number of rotatable bonds is 6. The third-order valence-corrected chi connectivity index (χ3v) is 1.36. The van der Waals surface area contributed by atoms with Crippen molar-refractivity contribution in [1.82, 2.24) is 0 Å². The van der Waals surface area contributed by atoms with Crippen LogP contribution in [0.5, 0.6) is 0 Å². The molecule has 2 heteroatoms. The van der Waals surface area contributed by atoms with Crippen LogP contribution in [0.2, 0.25) is 0 Å². The highest BCUT2D eigenvalue weighted by Crippen LogP contribution is 1.57. The molecule has 0 spiro atoms. The second kappa shape index (κ2) is 7.92. The number of hydrogen-bond acceptors (Lipinski definition) is 0. The molecule has 0 aromatic carbocycles. The van der Waals surface area contributed by atoms with Crippen LogP contribution in [0.4, 0.5) is 0 Å². The van der Waals surface area contributed by atoms with Gasteiger partial charge < -0.3 is 10.6 Å². The average molecular weight is 132 g/mol. The standard InChI is InChI=1S/C7H18N2/c1-3-5-9-7-6-8-4-2/h8-9H,3-7H2,1-2H3/p+2. The Balaban J connectivity index is 2.60. The summed E-state index contributed by atoms with van der Waals surface area (Å²) >= 11 is 0. The van der Waals surface area contributed by atoms with Gasteiger partial charge in [0.25, 0.3) is 0 Å². The van der Waals surface area contributed by atoms with E-state index < -0.39 is 0 Å². The number of quaternary nitrogens is 2. The fourth-order valence-electron chi connectivity index (χ4n) is 0.788. The first-order chi connectivity index (χ1) is 4.41. The molecule has 0 radical (unpaired) electrons. The molecule has 0 atom stereocenters. The first kappa shape index (κ1) is 8.92. The fraction of sp³-hybridized carbons (Fsp3) is 1.00. The topological polar surface area (TPSA) is 33.2 Å². The van der Waals surface area contributed by atoms with Crippen molar-refractivity contribution in [3.05, 3.63) is 0 Å².